The summed E-state index contributed by atoms with van der Waals surface area (Å²) in [6.07, 6.45) is 11.2. The molecular weight excluding hydrogens is 376 g/mol. The maximum Gasteiger partial charge on any atom is 0.119 e. The first-order chi connectivity index (χ1) is 14.7. The zero-order chi connectivity index (χ0) is 21.6. The molecule has 1 aromatic heterocycles. The molecule has 5 nitrogen and oxygen atoms in total. The van der Waals surface area contributed by atoms with Crippen LogP contribution in [0.1, 0.15) is 31.9 Å². The van der Waals surface area contributed by atoms with Gasteiger partial charge in [0, 0.05) is 30.3 Å². The van der Waals surface area contributed by atoms with Crippen molar-refractivity contribution in [3.05, 3.63) is 66.6 Å². The summed E-state index contributed by atoms with van der Waals surface area (Å²) in [6.45, 7) is 10.0. The van der Waals surface area contributed by atoms with Crippen LogP contribution in [0.3, 0.4) is 0 Å². The number of allylic oxidation sites excluding steroid dienone is 4. The van der Waals surface area contributed by atoms with Crippen molar-refractivity contribution in [2.24, 2.45) is 0 Å². The topological polar surface area (TPSA) is 44.7 Å². The molecule has 1 aromatic carbocycles. The van der Waals surface area contributed by atoms with Gasteiger partial charge in [-0.15, -0.1) is 0 Å². The quantitative estimate of drug-likeness (QED) is 0.247. The Bertz CT molecular complexity index is 836. The van der Waals surface area contributed by atoms with Gasteiger partial charge in [-0.2, -0.15) is 0 Å². The van der Waals surface area contributed by atoms with Gasteiger partial charge in [0.25, 0.3) is 0 Å². The third kappa shape index (κ3) is 7.39. The lowest BCUT2D eigenvalue weighted by molar-refractivity contribution is 0.179. The third-order valence-electron chi connectivity index (χ3n) is 4.81. The Morgan fingerprint density at radius 1 is 1.17 bits per heavy atom. The fourth-order valence-corrected chi connectivity index (χ4v) is 3.27. The molecule has 0 aliphatic heterocycles. The van der Waals surface area contributed by atoms with Crippen molar-refractivity contribution in [2.45, 2.75) is 39.3 Å². The molecule has 30 heavy (non-hydrogen) atoms. The highest BCUT2D eigenvalue weighted by Gasteiger charge is 2.08. The van der Waals surface area contributed by atoms with E-state index in [0.29, 0.717) is 13.2 Å². The third-order valence-corrected chi connectivity index (χ3v) is 4.81. The van der Waals surface area contributed by atoms with Crippen LogP contribution >= 0.6 is 0 Å². The molecule has 0 fully saturated rings. The van der Waals surface area contributed by atoms with Crippen molar-refractivity contribution in [3.8, 4) is 5.75 Å². The van der Waals surface area contributed by atoms with Crippen LogP contribution in [0.25, 0.3) is 10.9 Å². The molecule has 1 heterocycles. The number of ether oxygens (including phenoxy) is 3. The van der Waals surface area contributed by atoms with Gasteiger partial charge in [-0.3, -0.25) is 0 Å². The van der Waals surface area contributed by atoms with E-state index in [0.717, 1.165) is 54.2 Å². The number of unbranched alkanes of at least 4 members (excludes halogenated alkanes) is 1. The van der Waals surface area contributed by atoms with E-state index in [4.69, 9.17) is 14.2 Å². The molecule has 2 rings (SSSR count). The summed E-state index contributed by atoms with van der Waals surface area (Å²) < 4.78 is 18.9. The zero-order valence-electron chi connectivity index (χ0n) is 18.7. The maximum atomic E-state index is 5.92. The van der Waals surface area contributed by atoms with E-state index in [1.165, 1.54) is 12.8 Å². The Balaban J connectivity index is 1.98. The van der Waals surface area contributed by atoms with E-state index in [1.54, 1.807) is 20.3 Å². The van der Waals surface area contributed by atoms with E-state index < -0.39 is 0 Å². The first kappa shape index (κ1) is 23.8. The Hall–Kier alpha value is -2.50. The van der Waals surface area contributed by atoms with Gasteiger partial charge in [-0.25, -0.2) is 0 Å². The van der Waals surface area contributed by atoms with Gasteiger partial charge in [0.15, 0.2) is 0 Å². The summed E-state index contributed by atoms with van der Waals surface area (Å²) in [7, 11) is 3.40. The van der Waals surface area contributed by atoms with Gasteiger partial charge >= 0.3 is 0 Å². The van der Waals surface area contributed by atoms with E-state index in [-0.39, 0.29) is 0 Å². The number of rotatable bonds is 15. The van der Waals surface area contributed by atoms with E-state index in [2.05, 4.69) is 47.7 Å². The van der Waals surface area contributed by atoms with Crippen molar-refractivity contribution in [1.29, 1.82) is 0 Å². The highest BCUT2D eigenvalue weighted by atomic mass is 16.5. The summed E-state index contributed by atoms with van der Waals surface area (Å²) in [6, 6.07) is 8.27. The zero-order valence-corrected chi connectivity index (χ0v) is 18.7. The van der Waals surface area contributed by atoms with Gasteiger partial charge < -0.3 is 24.1 Å². The minimum absolute atomic E-state index is 0.557. The van der Waals surface area contributed by atoms with Crippen LogP contribution in [-0.4, -0.2) is 38.5 Å². The molecule has 5 heteroatoms. The van der Waals surface area contributed by atoms with Gasteiger partial charge in [0.1, 0.15) is 11.5 Å². The van der Waals surface area contributed by atoms with Gasteiger partial charge in [0.05, 0.1) is 20.3 Å². The maximum absolute atomic E-state index is 5.92. The van der Waals surface area contributed by atoms with Crippen molar-refractivity contribution >= 4 is 10.9 Å². The molecule has 0 aliphatic rings. The molecular formula is C25H36N2O3. The Labute approximate surface area is 181 Å². The van der Waals surface area contributed by atoms with Gasteiger partial charge in [-0.1, -0.05) is 32.1 Å². The van der Waals surface area contributed by atoms with Crippen molar-refractivity contribution in [2.75, 3.05) is 33.9 Å². The Kier molecular flexibility index (Phi) is 10.8. The molecule has 0 saturated carbocycles. The number of methoxy groups -OCH3 is 2. The fraction of sp³-hybridized carbons (Fsp3) is 0.440. The Morgan fingerprint density at radius 3 is 2.73 bits per heavy atom. The number of benzene rings is 1. The predicted molar refractivity (Wildman–Crippen MR) is 125 cm³/mol. The lowest BCUT2D eigenvalue weighted by atomic mass is 10.2. The van der Waals surface area contributed by atoms with Crippen LogP contribution in [0.15, 0.2) is 60.9 Å². The summed E-state index contributed by atoms with van der Waals surface area (Å²) in [4.78, 5) is 0. The summed E-state index contributed by atoms with van der Waals surface area (Å²) >= 11 is 0. The minimum Gasteiger partial charge on any atom is -0.497 e. The lowest BCUT2D eigenvalue weighted by Gasteiger charge is -2.10. The second kappa shape index (κ2) is 13.7. The second-order valence-corrected chi connectivity index (χ2v) is 7.12. The lowest BCUT2D eigenvalue weighted by Crippen LogP contribution is -2.17. The molecule has 0 radical (unpaired) electrons. The first-order valence-corrected chi connectivity index (χ1v) is 10.7. The molecule has 0 saturated heterocycles. The molecule has 0 atom stereocenters. The van der Waals surface area contributed by atoms with E-state index in [9.17, 15) is 0 Å². The second-order valence-electron chi connectivity index (χ2n) is 7.12. The molecule has 0 unspecified atom stereocenters. The summed E-state index contributed by atoms with van der Waals surface area (Å²) in [5.41, 5.74) is 2.28. The van der Waals surface area contributed by atoms with E-state index >= 15 is 0 Å². The van der Waals surface area contributed by atoms with Crippen LogP contribution in [0.2, 0.25) is 0 Å². The minimum atomic E-state index is 0.557. The van der Waals surface area contributed by atoms with Crippen molar-refractivity contribution in [1.82, 2.24) is 9.88 Å². The number of hydrogen-bond donors (Lipinski definition) is 1. The average Bonchev–Trinajstić information content (AvgIpc) is 3.09. The number of nitrogens with zero attached hydrogens (tertiary/aromatic N) is 1. The average molecular weight is 413 g/mol. The highest BCUT2D eigenvalue weighted by Crippen LogP contribution is 2.25. The highest BCUT2D eigenvalue weighted by molar-refractivity contribution is 5.83. The largest absolute Gasteiger partial charge is 0.497 e. The molecule has 0 spiro atoms. The standard InChI is InChI=1S/C25H36N2O3/c1-5-7-14-26-15-9-17-30-23(10-6-2)11-8-16-27-22(20-28-3)18-21-19-24(29-4)12-13-25(21)27/h6,8,10-13,18-19,26H,2,5,7,9,14-17,20H2,1,3-4H3/b11-8-,23-10+. The number of hydrogen-bond acceptors (Lipinski definition) is 4. The van der Waals surface area contributed by atoms with Crippen LogP contribution < -0.4 is 10.1 Å². The van der Waals surface area contributed by atoms with Crippen molar-refractivity contribution < 1.29 is 14.2 Å². The van der Waals surface area contributed by atoms with Gasteiger partial charge in [-0.05, 0) is 62.3 Å². The monoisotopic (exact) mass is 412 g/mol. The SMILES string of the molecule is C=C/C=C(\C=C/Cn1c(COC)cc2cc(OC)ccc21)OCCCNCCCC. The molecule has 2 aromatic rings. The summed E-state index contributed by atoms with van der Waals surface area (Å²) in [5, 5.41) is 4.58. The van der Waals surface area contributed by atoms with Gasteiger partial charge in [0.2, 0.25) is 0 Å². The number of fused-ring (bicyclic) bond motifs is 1. The van der Waals surface area contributed by atoms with Crippen LogP contribution in [0.5, 0.6) is 5.75 Å². The summed E-state index contributed by atoms with van der Waals surface area (Å²) in [5.74, 6) is 1.68. The van der Waals surface area contributed by atoms with Crippen molar-refractivity contribution in [3.63, 3.8) is 0 Å². The van der Waals surface area contributed by atoms with Crippen LogP contribution in [0.4, 0.5) is 0 Å². The number of aromatic nitrogens is 1. The normalized spacial score (nSPS) is 12.0. The smallest absolute Gasteiger partial charge is 0.119 e. The molecule has 0 bridgehead atoms. The van der Waals surface area contributed by atoms with E-state index in [1.807, 2.05) is 18.2 Å². The van der Waals surface area contributed by atoms with Crippen LogP contribution in [0, 0.1) is 0 Å². The Morgan fingerprint density at radius 2 is 2.00 bits per heavy atom. The molecule has 0 amide bonds. The molecule has 0 aliphatic carbocycles. The number of nitrogens with one attached hydrogen (secondary N) is 1. The molecule has 164 valence electrons. The van der Waals surface area contributed by atoms with Crippen LogP contribution in [-0.2, 0) is 22.6 Å². The first-order valence-electron chi connectivity index (χ1n) is 10.7. The predicted octanol–water partition coefficient (Wildman–Crippen LogP) is 5.22. The fourth-order valence-electron chi connectivity index (χ4n) is 3.27. The molecule has 1 N–H and O–H groups in total.